The van der Waals surface area contributed by atoms with E-state index < -0.39 is 0 Å². The van der Waals surface area contributed by atoms with Crippen molar-refractivity contribution in [1.29, 1.82) is 0 Å². The van der Waals surface area contributed by atoms with Crippen LogP contribution in [0.25, 0.3) is 0 Å². The summed E-state index contributed by atoms with van der Waals surface area (Å²) in [6.45, 7) is 7.45. The summed E-state index contributed by atoms with van der Waals surface area (Å²) >= 11 is 0. The minimum absolute atomic E-state index is 0.0434. The fourth-order valence-corrected chi connectivity index (χ4v) is 4.16. The molecule has 0 aromatic heterocycles. The highest BCUT2D eigenvalue weighted by Gasteiger charge is 2.26. The zero-order valence-electron chi connectivity index (χ0n) is 17.6. The van der Waals surface area contributed by atoms with E-state index in [2.05, 4.69) is 27.2 Å². The van der Waals surface area contributed by atoms with Crippen LogP contribution in [0.1, 0.15) is 18.1 Å². The van der Waals surface area contributed by atoms with Crippen LogP contribution in [-0.4, -0.2) is 61.5 Å². The standard InChI is InChI=1S/C23H27N3O5/c1-16(23(27)24-12-17-2-4-19-21(10-17)30-14-28-19)26-8-6-25(7-9-26)13-18-3-5-20-22(11-18)31-15-29-20/h2-5,10-11,16H,6-9,12-15H2,1H3,(H,24,27)/t16-/m1/s1. The van der Waals surface area contributed by atoms with Gasteiger partial charge in [-0.25, -0.2) is 0 Å². The zero-order chi connectivity index (χ0) is 21.2. The third-order valence-corrected chi connectivity index (χ3v) is 6.08. The van der Waals surface area contributed by atoms with Crippen LogP contribution in [0.4, 0.5) is 0 Å². The molecule has 2 aromatic carbocycles. The van der Waals surface area contributed by atoms with Crippen LogP contribution in [0.15, 0.2) is 36.4 Å². The number of carbonyl (C=O) groups is 1. The molecule has 1 N–H and O–H groups in total. The van der Waals surface area contributed by atoms with E-state index in [1.807, 2.05) is 31.2 Å². The average Bonchev–Trinajstić information content (AvgIpc) is 3.46. The first-order valence-corrected chi connectivity index (χ1v) is 10.7. The SMILES string of the molecule is C[C@H](C(=O)NCc1ccc2c(c1)OCO2)N1CCN(Cc2ccc3c(c2)OCO3)CC1. The van der Waals surface area contributed by atoms with Crippen molar-refractivity contribution in [3.8, 4) is 23.0 Å². The van der Waals surface area contributed by atoms with Crippen molar-refractivity contribution in [1.82, 2.24) is 15.1 Å². The van der Waals surface area contributed by atoms with Gasteiger partial charge in [-0.2, -0.15) is 0 Å². The van der Waals surface area contributed by atoms with Crippen molar-refractivity contribution in [3.63, 3.8) is 0 Å². The van der Waals surface area contributed by atoms with Gasteiger partial charge in [0.15, 0.2) is 23.0 Å². The molecule has 3 aliphatic heterocycles. The Morgan fingerprint density at radius 3 is 2.13 bits per heavy atom. The Hall–Kier alpha value is -2.97. The highest BCUT2D eigenvalue weighted by Crippen LogP contribution is 2.33. The molecular formula is C23H27N3O5. The Labute approximate surface area is 181 Å². The molecule has 5 rings (SSSR count). The summed E-state index contributed by atoms with van der Waals surface area (Å²) in [5.74, 6) is 3.17. The van der Waals surface area contributed by atoms with Crippen LogP contribution in [0.3, 0.4) is 0 Å². The molecule has 8 nitrogen and oxygen atoms in total. The third-order valence-electron chi connectivity index (χ3n) is 6.08. The lowest BCUT2D eigenvalue weighted by atomic mass is 10.1. The molecule has 0 saturated carbocycles. The zero-order valence-corrected chi connectivity index (χ0v) is 17.6. The van der Waals surface area contributed by atoms with Gasteiger partial charge >= 0.3 is 0 Å². The summed E-state index contributed by atoms with van der Waals surface area (Å²) in [6, 6.07) is 11.7. The monoisotopic (exact) mass is 425 g/mol. The first kappa shape index (κ1) is 20.0. The van der Waals surface area contributed by atoms with Crippen LogP contribution < -0.4 is 24.3 Å². The van der Waals surface area contributed by atoms with Crippen molar-refractivity contribution in [2.45, 2.75) is 26.1 Å². The van der Waals surface area contributed by atoms with Gasteiger partial charge in [0.25, 0.3) is 0 Å². The second kappa shape index (κ2) is 8.64. The number of ether oxygens (including phenoxy) is 4. The average molecular weight is 425 g/mol. The van der Waals surface area contributed by atoms with Crippen LogP contribution in [0, 0.1) is 0 Å². The number of fused-ring (bicyclic) bond motifs is 2. The Bertz CT molecular complexity index is 958. The minimum Gasteiger partial charge on any atom is -0.454 e. The van der Waals surface area contributed by atoms with Crippen molar-refractivity contribution in [2.75, 3.05) is 39.8 Å². The molecule has 164 valence electrons. The van der Waals surface area contributed by atoms with Gasteiger partial charge in [-0.15, -0.1) is 0 Å². The number of benzene rings is 2. The molecule has 2 aromatic rings. The van der Waals surface area contributed by atoms with Gasteiger partial charge < -0.3 is 24.3 Å². The van der Waals surface area contributed by atoms with Gasteiger partial charge in [-0.05, 0) is 42.3 Å². The molecule has 1 saturated heterocycles. The van der Waals surface area contributed by atoms with E-state index in [-0.39, 0.29) is 18.7 Å². The number of rotatable bonds is 6. The molecule has 31 heavy (non-hydrogen) atoms. The lowest BCUT2D eigenvalue weighted by molar-refractivity contribution is -0.126. The van der Waals surface area contributed by atoms with E-state index in [9.17, 15) is 4.79 Å². The van der Waals surface area contributed by atoms with Crippen molar-refractivity contribution >= 4 is 5.91 Å². The van der Waals surface area contributed by atoms with Crippen molar-refractivity contribution in [3.05, 3.63) is 47.5 Å². The molecule has 8 heteroatoms. The fraction of sp³-hybridized carbons (Fsp3) is 0.435. The van der Waals surface area contributed by atoms with E-state index in [1.165, 1.54) is 5.56 Å². The van der Waals surface area contributed by atoms with E-state index >= 15 is 0 Å². The number of hydrogen-bond acceptors (Lipinski definition) is 7. The van der Waals surface area contributed by atoms with Gasteiger partial charge in [0.1, 0.15) is 0 Å². The molecule has 1 atom stereocenters. The van der Waals surface area contributed by atoms with Crippen LogP contribution in [-0.2, 0) is 17.9 Å². The van der Waals surface area contributed by atoms with Crippen LogP contribution >= 0.6 is 0 Å². The summed E-state index contributed by atoms with van der Waals surface area (Å²) in [7, 11) is 0. The van der Waals surface area contributed by atoms with Gasteiger partial charge in [-0.3, -0.25) is 14.6 Å². The Kier molecular flexibility index (Phi) is 5.57. The lowest BCUT2D eigenvalue weighted by Crippen LogP contribution is -2.53. The molecule has 3 aliphatic rings. The number of nitrogens with zero attached hydrogens (tertiary/aromatic N) is 2. The van der Waals surface area contributed by atoms with Crippen LogP contribution in [0.2, 0.25) is 0 Å². The second-order valence-corrected chi connectivity index (χ2v) is 8.08. The normalized spacial score (nSPS) is 18.7. The van der Waals surface area contributed by atoms with Gasteiger partial charge in [-0.1, -0.05) is 12.1 Å². The first-order chi connectivity index (χ1) is 15.2. The van der Waals surface area contributed by atoms with Gasteiger partial charge in [0.05, 0.1) is 6.04 Å². The molecule has 0 aliphatic carbocycles. The summed E-state index contributed by atoms with van der Waals surface area (Å²) < 4.78 is 21.6. The van der Waals surface area contributed by atoms with E-state index in [4.69, 9.17) is 18.9 Å². The molecule has 1 amide bonds. The summed E-state index contributed by atoms with van der Waals surface area (Å²) in [5.41, 5.74) is 2.21. The fourth-order valence-electron chi connectivity index (χ4n) is 4.16. The van der Waals surface area contributed by atoms with E-state index in [0.29, 0.717) is 13.3 Å². The molecule has 0 spiro atoms. The van der Waals surface area contributed by atoms with Crippen LogP contribution in [0.5, 0.6) is 23.0 Å². The summed E-state index contributed by atoms with van der Waals surface area (Å²) in [5, 5.41) is 3.05. The second-order valence-electron chi connectivity index (χ2n) is 8.08. The van der Waals surface area contributed by atoms with E-state index in [1.54, 1.807) is 0 Å². The van der Waals surface area contributed by atoms with Gasteiger partial charge in [0.2, 0.25) is 19.5 Å². The van der Waals surface area contributed by atoms with Crippen molar-refractivity contribution < 1.29 is 23.7 Å². The van der Waals surface area contributed by atoms with E-state index in [0.717, 1.165) is 61.3 Å². The molecule has 0 bridgehead atoms. The summed E-state index contributed by atoms with van der Waals surface area (Å²) in [6.07, 6.45) is 0. The topological polar surface area (TPSA) is 72.5 Å². The number of piperazine rings is 1. The Morgan fingerprint density at radius 2 is 1.45 bits per heavy atom. The maximum Gasteiger partial charge on any atom is 0.237 e. The third kappa shape index (κ3) is 4.40. The number of carbonyl (C=O) groups excluding carboxylic acids is 1. The summed E-state index contributed by atoms with van der Waals surface area (Å²) in [4.78, 5) is 17.3. The number of amides is 1. The molecule has 1 fully saturated rings. The Balaban J connectivity index is 1.08. The predicted octanol–water partition coefficient (Wildman–Crippen LogP) is 1.97. The smallest absolute Gasteiger partial charge is 0.237 e. The molecular weight excluding hydrogens is 398 g/mol. The van der Waals surface area contributed by atoms with Gasteiger partial charge in [0, 0.05) is 39.3 Å². The molecule has 0 unspecified atom stereocenters. The molecule has 0 radical (unpaired) electrons. The van der Waals surface area contributed by atoms with Crippen molar-refractivity contribution in [2.24, 2.45) is 0 Å². The highest BCUT2D eigenvalue weighted by molar-refractivity contribution is 5.81. The largest absolute Gasteiger partial charge is 0.454 e. The highest BCUT2D eigenvalue weighted by atomic mass is 16.7. The lowest BCUT2D eigenvalue weighted by Gasteiger charge is -2.37. The predicted molar refractivity (Wildman–Crippen MR) is 113 cm³/mol. The number of nitrogens with one attached hydrogen (secondary N) is 1. The quantitative estimate of drug-likeness (QED) is 0.759. The number of hydrogen-bond donors (Lipinski definition) is 1. The Morgan fingerprint density at radius 1 is 0.871 bits per heavy atom. The maximum absolute atomic E-state index is 12.7. The molecule has 3 heterocycles. The minimum atomic E-state index is -0.165. The first-order valence-electron chi connectivity index (χ1n) is 10.7. The maximum atomic E-state index is 12.7.